The third kappa shape index (κ3) is 2.52. The molecule has 3 unspecified atom stereocenters. The van der Waals surface area contributed by atoms with Crippen molar-refractivity contribution >= 4 is 0 Å². The Balaban J connectivity index is 1.97. The Bertz CT molecular complexity index is 196. The largest absolute Gasteiger partial charge is 0.395 e. The molecule has 1 aliphatic heterocycles. The van der Waals surface area contributed by atoms with Crippen LogP contribution in [0.4, 0.5) is 0 Å². The van der Waals surface area contributed by atoms with Crippen LogP contribution < -0.4 is 0 Å². The second-order valence-corrected chi connectivity index (χ2v) is 4.98. The molecule has 1 saturated carbocycles. The van der Waals surface area contributed by atoms with Gasteiger partial charge in [0.05, 0.1) is 12.7 Å². The Kier molecular flexibility index (Phi) is 4.00. The lowest BCUT2D eigenvalue weighted by molar-refractivity contribution is 0.0273. The molecule has 3 nitrogen and oxygen atoms in total. The van der Waals surface area contributed by atoms with E-state index in [-0.39, 0.29) is 12.7 Å². The van der Waals surface area contributed by atoms with E-state index < -0.39 is 0 Å². The van der Waals surface area contributed by atoms with Crippen molar-refractivity contribution in [2.45, 2.75) is 50.7 Å². The number of aliphatic hydroxyl groups excluding tert-OH is 2. The average Bonchev–Trinajstić information content (AvgIpc) is 2.66. The van der Waals surface area contributed by atoms with E-state index in [1.54, 1.807) is 0 Å². The quantitative estimate of drug-likeness (QED) is 0.735. The summed E-state index contributed by atoms with van der Waals surface area (Å²) in [6, 6.07) is 0.531. The Morgan fingerprint density at radius 1 is 1.07 bits per heavy atom. The van der Waals surface area contributed by atoms with Crippen molar-refractivity contribution in [1.82, 2.24) is 4.90 Å². The van der Waals surface area contributed by atoms with Crippen LogP contribution in [0.1, 0.15) is 38.5 Å². The summed E-state index contributed by atoms with van der Waals surface area (Å²) in [4.78, 5) is 2.39. The van der Waals surface area contributed by atoms with Crippen LogP contribution in [0.25, 0.3) is 0 Å². The summed E-state index contributed by atoms with van der Waals surface area (Å²) in [6.07, 6.45) is 6.99. The monoisotopic (exact) mass is 213 g/mol. The first-order chi connectivity index (χ1) is 7.33. The van der Waals surface area contributed by atoms with Crippen molar-refractivity contribution in [3.63, 3.8) is 0 Å². The lowest BCUT2D eigenvalue weighted by Crippen LogP contribution is -2.47. The lowest BCUT2D eigenvalue weighted by atomic mass is 9.88. The third-order valence-electron chi connectivity index (χ3n) is 4.08. The van der Waals surface area contributed by atoms with Crippen LogP contribution in [0.15, 0.2) is 0 Å². The van der Waals surface area contributed by atoms with Crippen molar-refractivity contribution < 1.29 is 10.2 Å². The van der Waals surface area contributed by atoms with Gasteiger partial charge in [0, 0.05) is 18.5 Å². The summed E-state index contributed by atoms with van der Waals surface area (Å²) >= 11 is 0. The van der Waals surface area contributed by atoms with Gasteiger partial charge in [0.1, 0.15) is 0 Å². The molecule has 0 amide bonds. The van der Waals surface area contributed by atoms with Gasteiger partial charge in [-0.25, -0.2) is 0 Å². The molecular formula is C12H23NO2. The molecule has 1 saturated heterocycles. The Morgan fingerprint density at radius 3 is 2.60 bits per heavy atom. The Morgan fingerprint density at radius 2 is 1.93 bits per heavy atom. The summed E-state index contributed by atoms with van der Waals surface area (Å²) in [5, 5.41) is 19.0. The number of rotatable bonds is 3. The minimum Gasteiger partial charge on any atom is -0.395 e. The highest BCUT2D eigenvalue weighted by atomic mass is 16.3. The molecule has 3 atom stereocenters. The van der Waals surface area contributed by atoms with E-state index in [9.17, 15) is 5.11 Å². The predicted octanol–water partition coefficient (Wildman–Crippen LogP) is 0.994. The molecule has 0 radical (unpaired) electrons. The second kappa shape index (κ2) is 5.28. The fourth-order valence-electron chi connectivity index (χ4n) is 3.33. The van der Waals surface area contributed by atoms with Crippen LogP contribution in [0.5, 0.6) is 0 Å². The smallest absolute Gasteiger partial charge is 0.0583 e. The van der Waals surface area contributed by atoms with Gasteiger partial charge in [-0.15, -0.1) is 0 Å². The molecule has 2 N–H and O–H groups in total. The summed E-state index contributed by atoms with van der Waals surface area (Å²) in [6.45, 7) is 2.14. The molecule has 3 heteroatoms. The van der Waals surface area contributed by atoms with Crippen LogP contribution in [0.3, 0.4) is 0 Å². The van der Waals surface area contributed by atoms with E-state index in [4.69, 9.17) is 5.11 Å². The molecule has 0 spiro atoms. The van der Waals surface area contributed by atoms with E-state index in [0.29, 0.717) is 12.0 Å². The maximum Gasteiger partial charge on any atom is 0.0583 e. The Labute approximate surface area is 92.1 Å². The molecule has 1 heterocycles. The minimum absolute atomic E-state index is 0.0886. The van der Waals surface area contributed by atoms with Gasteiger partial charge in [0.15, 0.2) is 0 Å². The third-order valence-corrected chi connectivity index (χ3v) is 4.08. The summed E-state index contributed by atoms with van der Waals surface area (Å²) in [5.74, 6) is 0.469. The molecule has 2 fully saturated rings. The zero-order valence-corrected chi connectivity index (χ0v) is 9.44. The first-order valence-electron chi connectivity index (χ1n) is 6.36. The van der Waals surface area contributed by atoms with Gasteiger partial charge in [-0.2, -0.15) is 0 Å². The van der Waals surface area contributed by atoms with Gasteiger partial charge in [0.25, 0.3) is 0 Å². The van der Waals surface area contributed by atoms with Crippen molar-refractivity contribution in [3.05, 3.63) is 0 Å². The van der Waals surface area contributed by atoms with E-state index in [1.807, 2.05) is 0 Å². The average molecular weight is 213 g/mol. The van der Waals surface area contributed by atoms with E-state index in [0.717, 1.165) is 19.5 Å². The zero-order valence-electron chi connectivity index (χ0n) is 9.44. The van der Waals surface area contributed by atoms with Crippen LogP contribution >= 0.6 is 0 Å². The lowest BCUT2D eigenvalue weighted by Gasteiger charge is -2.40. The van der Waals surface area contributed by atoms with Gasteiger partial charge >= 0.3 is 0 Å². The van der Waals surface area contributed by atoms with Gasteiger partial charge in [-0.05, 0) is 32.2 Å². The molecule has 15 heavy (non-hydrogen) atoms. The number of aliphatic hydroxyl groups is 2. The maximum atomic E-state index is 9.94. The predicted molar refractivity (Wildman–Crippen MR) is 59.6 cm³/mol. The normalized spacial score (nSPS) is 38.4. The molecule has 0 aromatic rings. The number of piperidine rings is 1. The minimum atomic E-state index is -0.0886. The van der Waals surface area contributed by atoms with Gasteiger partial charge in [-0.1, -0.05) is 12.8 Å². The van der Waals surface area contributed by atoms with Crippen molar-refractivity contribution in [2.24, 2.45) is 5.92 Å². The number of likely N-dealkylation sites (tertiary alicyclic amines) is 1. The highest BCUT2D eigenvalue weighted by Gasteiger charge is 2.36. The van der Waals surface area contributed by atoms with E-state index in [2.05, 4.69) is 4.90 Å². The standard InChI is InChI=1S/C12H23NO2/c14-9-8-13-7-2-1-5-11(13)10-4-3-6-12(10)15/h10-12,14-15H,1-9H2. The Hall–Kier alpha value is -0.120. The topological polar surface area (TPSA) is 43.7 Å². The number of hydrogen-bond donors (Lipinski definition) is 2. The number of β-amino-alcohol motifs (C(OH)–C–C–N with tert-alkyl or cyclic N) is 1. The molecule has 0 aromatic carbocycles. The molecule has 2 rings (SSSR count). The van der Waals surface area contributed by atoms with E-state index in [1.165, 1.54) is 32.1 Å². The van der Waals surface area contributed by atoms with Gasteiger partial charge < -0.3 is 10.2 Å². The first kappa shape index (κ1) is 11.4. The highest BCUT2D eigenvalue weighted by molar-refractivity contribution is 4.90. The van der Waals surface area contributed by atoms with Crippen molar-refractivity contribution in [3.8, 4) is 0 Å². The summed E-state index contributed by atoms with van der Waals surface area (Å²) < 4.78 is 0. The highest BCUT2D eigenvalue weighted by Crippen LogP contribution is 2.34. The van der Waals surface area contributed by atoms with Crippen LogP contribution in [0.2, 0.25) is 0 Å². The SMILES string of the molecule is OCCN1CCCCC1C1CCCC1O. The van der Waals surface area contributed by atoms with Gasteiger partial charge in [-0.3, -0.25) is 4.90 Å². The van der Waals surface area contributed by atoms with Crippen LogP contribution in [-0.2, 0) is 0 Å². The molecule has 0 aromatic heterocycles. The summed E-state index contributed by atoms with van der Waals surface area (Å²) in [7, 11) is 0. The molecule has 2 aliphatic rings. The number of hydrogen-bond acceptors (Lipinski definition) is 3. The molecule has 1 aliphatic carbocycles. The zero-order chi connectivity index (χ0) is 10.7. The first-order valence-corrected chi connectivity index (χ1v) is 6.36. The van der Waals surface area contributed by atoms with Gasteiger partial charge in [0.2, 0.25) is 0 Å². The molecular weight excluding hydrogens is 190 g/mol. The fourth-order valence-corrected chi connectivity index (χ4v) is 3.33. The fraction of sp³-hybridized carbons (Fsp3) is 1.00. The molecule has 88 valence electrons. The van der Waals surface area contributed by atoms with Crippen LogP contribution in [0, 0.1) is 5.92 Å². The number of nitrogens with zero attached hydrogens (tertiary/aromatic N) is 1. The van der Waals surface area contributed by atoms with E-state index >= 15 is 0 Å². The van der Waals surface area contributed by atoms with Crippen molar-refractivity contribution in [2.75, 3.05) is 19.7 Å². The van der Waals surface area contributed by atoms with Crippen LogP contribution in [-0.4, -0.2) is 47.0 Å². The van der Waals surface area contributed by atoms with Crippen molar-refractivity contribution in [1.29, 1.82) is 0 Å². The summed E-state index contributed by atoms with van der Waals surface area (Å²) in [5.41, 5.74) is 0. The second-order valence-electron chi connectivity index (χ2n) is 4.98. The molecule has 0 bridgehead atoms. The maximum absolute atomic E-state index is 9.94.